The third-order valence-corrected chi connectivity index (χ3v) is 9.03. The average molecular weight is 904 g/mol. The number of unbranched alkanes of at least 4 members (excludes halogenated alkanes) is 8. The van der Waals surface area contributed by atoms with Gasteiger partial charge in [0.1, 0.15) is 13.2 Å². The van der Waals surface area contributed by atoms with Gasteiger partial charge in [0.15, 0.2) is 0 Å². The van der Waals surface area contributed by atoms with E-state index in [1.54, 1.807) is 18.2 Å². The Labute approximate surface area is 372 Å². The lowest BCUT2D eigenvalue weighted by molar-refractivity contribution is -0.145. The van der Waals surface area contributed by atoms with Gasteiger partial charge in [-0.05, 0) is 36.8 Å². The molecule has 0 bridgehead atoms. The molecule has 0 heterocycles. The van der Waals surface area contributed by atoms with Crippen LogP contribution in [0.1, 0.15) is 87.1 Å². The van der Waals surface area contributed by atoms with Crippen LogP contribution in [0.3, 0.4) is 0 Å². The monoisotopic (exact) mass is 903 g/mol. The largest absolute Gasteiger partial charge is 0.463 e. The average Bonchev–Trinajstić information content (AvgIpc) is 3.27. The first-order chi connectivity index (χ1) is 30.8. The number of esters is 2. The van der Waals surface area contributed by atoms with Gasteiger partial charge in [-0.1, -0.05) is 76.5 Å². The van der Waals surface area contributed by atoms with Crippen molar-refractivity contribution in [1.82, 2.24) is 0 Å². The van der Waals surface area contributed by atoms with Gasteiger partial charge in [-0.3, -0.25) is 4.79 Å². The van der Waals surface area contributed by atoms with Gasteiger partial charge in [0, 0.05) is 12.1 Å². The SMILES string of the molecule is CCCCCCCCCCCC(=O)OCCOCCOCCOCCOCCOCCOCCOCCOCCOCCOC(=O)c1ccccc1Nc1cccc(C(F)(F)F)c1. The summed E-state index contributed by atoms with van der Waals surface area (Å²) in [5.41, 5.74) is -0.101. The van der Waals surface area contributed by atoms with E-state index in [1.807, 2.05) is 0 Å². The Morgan fingerprint density at radius 2 is 0.873 bits per heavy atom. The highest BCUT2D eigenvalue weighted by Gasteiger charge is 2.30. The number of nitrogens with one attached hydrogen (secondary N) is 1. The van der Waals surface area contributed by atoms with Crippen molar-refractivity contribution >= 4 is 23.3 Å². The standard InChI is InChI=1S/C46H72F3NO13/c1-2-3-4-5-6-7-8-9-10-18-44(51)62-37-35-60-33-31-58-29-27-56-25-23-54-21-19-53-20-22-55-24-26-57-28-30-59-32-34-61-36-38-63-45(52)42-16-11-12-17-43(42)50-41-15-13-14-40(39-41)46(47,48)49/h11-17,39,50H,2-10,18-38H2,1H3. The second kappa shape index (κ2) is 39.0. The molecule has 0 amide bonds. The summed E-state index contributed by atoms with van der Waals surface area (Å²) in [6.07, 6.45) is 6.98. The van der Waals surface area contributed by atoms with Crippen molar-refractivity contribution in [1.29, 1.82) is 0 Å². The van der Waals surface area contributed by atoms with Gasteiger partial charge in [-0.15, -0.1) is 0 Å². The van der Waals surface area contributed by atoms with Crippen LogP contribution in [0.25, 0.3) is 0 Å². The van der Waals surface area contributed by atoms with Crippen LogP contribution in [-0.2, 0) is 63.1 Å². The quantitative estimate of drug-likeness (QED) is 0.0504. The van der Waals surface area contributed by atoms with Crippen molar-refractivity contribution in [3.63, 3.8) is 0 Å². The predicted molar refractivity (Wildman–Crippen MR) is 232 cm³/mol. The Hall–Kier alpha value is -3.39. The second-order valence-corrected chi connectivity index (χ2v) is 14.2. The van der Waals surface area contributed by atoms with Gasteiger partial charge >= 0.3 is 18.1 Å². The van der Waals surface area contributed by atoms with Gasteiger partial charge in [0.2, 0.25) is 0 Å². The Balaban J connectivity index is 1.24. The molecule has 0 aliphatic carbocycles. The first-order valence-corrected chi connectivity index (χ1v) is 22.4. The summed E-state index contributed by atoms with van der Waals surface area (Å²) in [6, 6.07) is 11.1. The molecular formula is C46H72F3NO13. The zero-order chi connectivity index (χ0) is 45.3. The molecule has 0 aliphatic rings. The van der Waals surface area contributed by atoms with Gasteiger partial charge < -0.3 is 57.4 Å². The number of anilines is 2. The maximum Gasteiger partial charge on any atom is 0.416 e. The third-order valence-electron chi connectivity index (χ3n) is 9.03. The Kier molecular flexibility index (Phi) is 34.5. The number of ether oxygens (including phenoxy) is 11. The molecule has 14 nitrogen and oxygen atoms in total. The lowest BCUT2D eigenvalue weighted by atomic mass is 10.1. The molecule has 360 valence electrons. The molecule has 0 saturated carbocycles. The fourth-order valence-electron chi connectivity index (χ4n) is 5.70. The van der Waals surface area contributed by atoms with E-state index in [-0.39, 0.29) is 37.0 Å². The summed E-state index contributed by atoms with van der Waals surface area (Å²) >= 11 is 0. The molecule has 2 aromatic carbocycles. The molecule has 2 aromatic rings. The van der Waals surface area contributed by atoms with Gasteiger partial charge in [-0.25, -0.2) is 4.79 Å². The fraction of sp³-hybridized carbons (Fsp3) is 0.696. The number of rotatable bonds is 43. The van der Waals surface area contributed by atoms with E-state index >= 15 is 0 Å². The molecule has 0 unspecified atom stereocenters. The number of alkyl halides is 3. The van der Waals surface area contributed by atoms with Crippen molar-refractivity contribution in [3.05, 3.63) is 59.7 Å². The molecule has 0 aliphatic heterocycles. The smallest absolute Gasteiger partial charge is 0.416 e. The maximum absolute atomic E-state index is 13.1. The van der Waals surface area contributed by atoms with E-state index in [1.165, 1.54) is 63.1 Å². The van der Waals surface area contributed by atoms with Gasteiger partial charge in [0.05, 0.1) is 136 Å². The van der Waals surface area contributed by atoms with Crippen LogP contribution < -0.4 is 5.32 Å². The lowest BCUT2D eigenvalue weighted by Gasteiger charge is -2.13. The highest BCUT2D eigenvalue weighted by Crippen LogP contribution is 2.32. The second-order valence-electron chi connectivity index (χ2n) is 14.2. The molecule has 0 spiro atoms. The Morgan fingerprint density at radius 3 is 1.32 bits per heavy atom. The number of para-hydroxylation sites is 1. The fourth-order valence-corrected chi connectivity index (χ4v) is 5.70. The molecule has 1 N–H and O–H groups in total. The molecule has 63 heavy (non-hydrogen) atoms. The minimum absolute atomic E-state index is 0.00625. The zero-order valence-corrected chi connectivity index (χ0v) is 37.3. The van der Waals surface area contributed by atoms with E-state index < -0.39 is 17.7 Å². The molecule has 0 radical (unpaired) electrons. The van der Waals surface area contributed by atoms with E-state index in [0.29, 0.717) is 124 Å². The Morgan fingerprint density at radius 1 is 0.476 bits per heavy atom. The van der Waals surface area contributed by atoms with Crippen LogP contribution in [0.5, 0.6) is 0 Å². The lowest BCUT2D eigenvalue weighted by Crippen LogP contribution is -2.16. The van der Waals surface area contributed by atoms with Crippen molar-refractivity contribution in [2.24, 2.45) is 0 Å². The van der Waals surface area contributed by atoms with Crippen LogP contribution in [0.15, 0.2) is 48.5 Å². The number of benzene rings is 2. The summed E-state index contributed by atoms with van der Waals surface area (Å²) < 4.78 is 99.0. The minimum atomic E-state index is -4.48. The highest BCUT2D eigenvalue weighted by molar-refractivity contribution is 5.96. The number of carbonyl (C=O) groups is 2. The topological polar surface area (TPSA) is 148 Å². The molecule has 0 saturated heterocycles. The summed E-state index contributed by atoms with van der Waals surface area (Å²) in [4.78, 5) is 24.4. The predicted octanol–water partition coefficient (Wildman–Crippen LogP) is 8.22. The Bertz CT molecular complexity index is 1410. The van der Waals surface area contributed by atoms with Crippen molar-refractivity contribution < 1.29 is 74.9 Å². The first-order valence-electron chi connectivity index (χ1n) is 22.4. The number of hydrogen-bond donors (Lipinski definition) is 1. The third kappa shape index (κ3) is 32.0. The first kappa shape index (κ1) is 55.7. The zero-order valence-electron chi connectivity index (χ0n) is 37.3. The van der Waals surface area contributed by atoms with Crippen LogP contribution in [0, 0.1) is 0 Å². The number of carbonyl (C=O) groups excluding carboxylic acids is 2. The van der Waals surface area contributed by atoms with Crippen molar-refractivity contribution in [2.75, 3.05) is 137 Å². The molecule has 2 rings (SSSR count). The van der Waals surface area contributed by atoms with Gasteiger partial charge in [0.25, 0.3) is 0 Å². The van der Waals surface area contributed by atoms with E-state index in [9.17, 15) is 22.8 Å². The molecule has 0 aromatic heterocycles. The highest BCUT2D eigenvalue weighted by atomic mass is 19.4. The van der Waals surface area contributed by atoms with Crippen LogP contribution in [-0.4, -0.2) is 144 Å². The summed E-state index contributed by atoms with van der Waals surface area (Å²) in [5.74, 6) is -0.784. The van der Waals surface area contributed by atoms with Crippen LogP contribution in [0.2, 0.25) is 0 Å². The summed E-state index contributed by atoms with van der Waals surface area (Å²) in [5, 5.41) is 2.86. The van der Waals surface area contributed by atoms with E-state index in [2.05, 4.69) is 12.2 Å². The van der Waals surface area contributed by atoms with E-state index in [4.69, 9.17) is 52.1 Å². The van der Waals surface area contributed by atoms with Crippen LogP contribution in [0.4, 0.5) is 24.5 Å². The molecular weight excluding hydrogens is 831 g/mol. The summed E-state index contributed by atoms with van der Waals surface area (Å²) in [7, 11) is 0. The molecule has 0 atom stereocenters. The number of hydrogen-bond acceptors (Lipinski definition) is 14. The molecule has 0 fully saturated rings. The normalized spacial score (nSPS) is 11.6. The van der Waals surface area contributed by atoms with Crippen molar-refractivity contribution in [2.45, 2.75) is 77.3 Å². The maximum atomic E-state index is 13.1. The molecule has 17 heteroatoms. The van der Waals surface area contributed by atoms with E-state index in [0.717, 1.165) is 25.0 Å². The number of halogens is 3. The van der Waals surface area contributed by atoms with Gasteiger partial charge in [-0.2, -0.15) is 13.2 Å². The van der Waals surface area contributed by atoms with Crippen LogP contribution >= 0.6 is 0 Å². The van der Waals surface area contributed by atoms with Crippen molar-refractivity contribution in [3.8, 4) is 0 Å². The minimum Gasteiger partial charge on any atom is -0.463 e. The summed E-state index contributed by atoms with van der Waals surface area (Å²) in [6.45, 7) is 9.77.